The summed E-state index contributed by atoms with van der Waals surface area (Å²) in [5.41, 5.74) is 6.28. The molecule has 3 atom stereocenters. The molecule has 2 aliphatic rings. The summed E-state index contributed by atoms with van der Waals surface area (Å²) in [4.78, 5) is 0.259. The van der Waals surface area contributed by atoms with Gasteiger partial charge in [0.1, 0.15) is 5.75 Å². The molecule has 1 aliphatic carbocycles. The second kappa shape index (κ2) is 9.45. The molecule has 0 fully saturated rings. The normalized spacial score (nSPS) is 19.8. The minimum atomic E-state index is -3.75. The van der Waals surface area contributed by atoms with E-state index in [1.807, 2.05) is 12.1 Å². The third-order valence-electron chi connectivity index (χ3n) is 8.46. The van der Waals surface area contributed by atoms with E-state index in [0.717, 1.165) is 24.2 Å². The zero-order valence-corrected chi connectivity index (χ0v) is 23.3. The van der Waals surface area contributed by atoms with Crippen molar-refractivity contribution in [3.63, 3.8) is 0 Å². The summed E-state index contributed by atoms with van der Waals surface area (Å²) in [5, 5.41) is 6.33. The Morgan fingerprint density at radius 2 is 1.75 bits per heavy atom. The standard InChI is InChI=1S/C33H31N3O3S/c1-3-36-31-10-5-4-7-26(31)29-19-21(11-18-32(29)36)33-27-9-6-8-25(27)28-20-24(16-17-30(28)34-33)40(37,38)35-22-12-14-23(39-2)15-13-22/h4-8,10-20,25,27,33-35H,3,9H2,1-2H3. The van der Waals surface area contributed by atoms with Gasteiger partial charge in [0.2, 0.25) is 0 Å². The number of benzene rings is 4. The Kier molecular flexibility index (Phi) is 5.86. The lowest BCUT2D eigenvalue weighted by atomic mass is 9.77. The fraction of sp³-hybridized carbons (Fsp3) is 0.212. The summed E-state index contributed by atoms with van der Waals surface area (Å²) < 4.78 is 36.8. The highest BCUT2D eigenvalue weighted by atomic mass is 32.2. The number of aryl methyl sites for hydroxylation is 1. The Morgan fingerprint density at radius 1 is 0.950 bits per heavy atom. The summed E-state index contributed by atoms with van der Waals surface area (Å²) in [7, 11) is -2.17. The third-order valence-corrected chi connectivity index (χ3v) is 9.84. The molecule has 7 rings (SSSR count). The lowest BCUT2D eigenvalue weighted by Gasteiger charge is -2.37. The van der Waals surface area contributed by atoms with E-state index in [1.54, 1.807) is 37.4 Å². The van der Waals surface area contributed by atoms with Crippen LogP contribution in [0.3, 0.4) is 0 Å². The molecule has 0 amide bonds. The molecule has 4 aromatic carbocycles. The van der Waals surface area contributed by atoms with E-state index < -0.39 is 10.0 Å². The summed E-state index contributed by atoms with van der Waals surface area (Å²) in [6.07, 6.45) is 5.42. The molecule has 2 heterocycles. The molecular formula is C33H31N3O3S. The highest BCUT2D eigenvalue weighted by Crippen LogP contribution is 2.50. The van der Waals surface area contributed by atoms with Crippen LogP contribution in [-0.4, -0.2) is 20.1 Å². The predicted molar refractivity (Wildman–Crippen MR) is 162 cm³/mol. The van der Waals surface area contributed by atoms with Crippen LogP contribution in [-0.2, 0) is 16.6 Å². The van der Waals surface area contributed by atoms with Gasteiger partial charge in [-0.2, -0.15) is 0 Å². The highest BCUT2D eigenvalue weighted by molar-refractivity contribution is 7.92. The number of para-hydroxylation sites is 1. The quantitative estimate of drug-likeness (QED) is 0.216. The third kappa shape index (κ3) is 3.95. The van der Waals surface area contributed by atoms with Crippen molar-refractivity contribution in [3.05, 3.63) is 108 Å². The van der Waals surface area contributed by atoms with Crippen LogP contribution in [0.1, 0.15) is 36.4 Å². The van der Waals surface area contributed by atoms with E-state index in [4.69, 9.17) is 4.74 Å². The number of anilines is 2. The van der Waals surface area contributed by atoms with Crippen molar-refractivity contribution in [1.82, 2.24) is 4.57 Å². The zero-order valence-electron chi connectivity index (χ0n) is 22.5. The Balaban J connectivity index is 1.24. The van der Waals surface area contributed by atoms with Crippen molar-refractivity contribution in [2.24, 2.45) is 5.92 Å². The molecule has 0 saturated carbocycles. The maximum absolute atomic E-state index is 13.3. The number of fused-ring (bicyclic) bond motifs is 6. The van der Waals surface area contributed by atoms with Crippen LogP contribution in [0.4, 0.5) is 11.4 Å². The van der Waals surface area contributed by atoms with E-state index >= 15 is 0 Å². The molecule has 1 aromatic heterocycles. The van der Waals surface area contributed by atoms with Gasteiger partial charge >= 0.3 is 0 Å². The number of ether oxygens (including phenoxy) is 1. The molecule has 0 saturated heterocycles. The minimum Gasteiger partial charge on any atom is -0.497 e. The summed E-state index contributed by atoms with van der Waals surface area (Å²) in [6.45, 7) is 3.11. The second-order valence-corrected chi connectivity index (χ2v) is 12.3. The molecule has 202 valence electrons. The Labute approximate surface area is 234 Å². The maximum atomic E-state index is 13.3. The van der Waals surface area contributed by atoms with E-state index in [-0.39, 0.29) is 16.9 Å². The number of sulfonamides is 1. The average molecular weight is 550 g/mol. The average Bonchev–Trinajstić information content (AvgIpc) is 3.60. The van der Waals surface area contributed by atoms with Gasteiger partial charge in [-0.1, -0.05) is 36.4 Å². The van der Waals surface area contributed by atoms with E-state index in [2.05, 4.69) is 76.1 Å². The number of allylic oxidation sites excluding steroid dienone is 2. The SMILES string of the molecule is CCn1c2ccccc2c2cc(C3Nc4ccc(S(=O)(=O)Nc5ccc(OC)cc5)cc4C4C=CCC43)ccc21. The lowest BCUT2D eigenvalue weighted by Crippen LogP contribution is -2.29. The summed E-state index contributed by atoms with van der Waals surface area (Å²) in [6, 6.07) is 27.9. The van der Waals surface area contributed by atoms with Crippen LogP contribution >= 0.6 is 0 Å². The molecule has 0 radical (unpaired) electrons. The van der Waals surface area contributed by atoms with Crippen LogP contribution < -0.4 is 14.8 Å². The van der Waals surface area contributed by atoms with Crippen molar-refractivity contribution >= 4 is 43.2 Å². The van der Waals surface area contributed by atoms with Crippen molar-refractivity contribution in [1.29, 1.82) is 0 Å². The van der Waals surface area contributed by atoms with Gasteiger partial charge in [0, 0.05) is 45.6 Å². The highest BCUT2D eigenvalue weighted by Gasteiger charge is 2.38. The first-order valence-electron chi connectivity index (χ1n) is 13.7. The number of rotatable bonds is 6. The van der Waals surface area contributed by atoms with Gasteiger partial charge in [-0.3, -0.25) is 4.72 Å². The van der Waals surface area contributed by atoms with Crippen molar-refractivity contribution in [2.45, 2.75) is 36.7 Å². The first-order valence-corrected chi connectivity index (χ1v) is 15.2. The van der Waals surface area contributed by atoms with Gasteiger partial charge in [0.15, 0.2) is 0 Å². The van der Waals surface area contributed by atoms with Gasteiger partial charge in [-0.25, -0.2) is 8.42 Å². The van der Waals surface area contributed by atoms with Crippen molar-refractivity contribution in [2.75, 3.05) is 17.1 Å². The number of hydrogen-bond donors (Lipinski definition) is 2. The van der Waals surface area contributed by atoms with Crippen LogP contribution in [0.15, 0.2) is 102 Å². The van der Waals surface area contributed by atoms with E-state index in [9.17, 15) is 8.42 Å². The molecule has 40 heavy (non-hydrogen) atoms. The monoisotopic (exact) mass is 549 g/mol. The minimum absolute atomic E-state index is 0.125. The second-order valence-electron chi connectivity index (χ2n) is 10.6. The van der Waals surface area contributed by atoms with Crippen molar-refractivity contribution < 1.29 is 13.2 Å². The Bertz CT molecular complexity index is 1890. The van der Waals surface area contributed by atoms with Gasteiger partial charge < -0.3 is 14.6 Å². The smallest absolute Gasteiger partial charge is 0.261 e. The molecule has 3 unspecified atom stereocenters. The largest absolute Gasteiger partial charge is 0.497 e. The number of methoxy groups -OCH3 is 1. The van der Waals surface area contributed by atoms with E-state index in [0.29, 0.717) is 17.4 Å². The molecule has 5 aromatic rings. The topological polar surface area (TPSA) is 72.4 Å². The first kappa shape index (κ1) is 24.8. The lowest BCUT2D eigenvalue weighted by molar-refractivity contribution is 0.415. The molecule has 0 spiro atoms. The van der Waals surface area contributed by atoms with Crippen LogP contribution in [0.5, 0.6) is 5.75 Å². The number of nitrogens with zero attached hydrogens (tertiary/aromatic N) is 1. The summed E-state index contributed by atoms with van der Waals surface area (Å²) in [5.74, 6) is 1.12. The zero-order chi connectivity index (χ0) is 27.4. The van der Waals surface area contributed by atoms with Crippen LogP contribution in [0.2, 0.25) is 0 Å². The van der Waals surface area contributed by atoms with Gasteiger partial charge in [0.05, 0.1) is 18.0 Å². The van der Waals surface area contributed by atoms with Gasteiger partial charge in [0.25, 0.3) is 10.0 Å². The first-order chi connectivity index (χ1) is 19.5. The van der Waals surface area contributed by atoms with Crippen LogP contribution in [0.25, 0.3) is 21.8 Å². The number of hydrogen-bond acceptors (Lipinski definition) is 4. The van der Waals surface area contributed by atoms with Crippen molar-refractivity contribution in [3.8, 4) is 5.75 Å². The van der Waals surface area contributed by atoms with Gasteiger partial charge in [-0.15, -0.1) is 0 Å². The molecular weight excluding hydrogens is 518 g/mol. The maximum Gasteiger partial charge on any atom is 0.261 e. The molecule has 6 nitrogen and oxygen atoms in total. The molecule has 7 heteroatoms. The fourth-order valence-corrected chi connectivity index (χ4v) is 7.64. The molecule has 1 aliphatic heterocycles. The molecule has 2 N–H and O–H groups in total. The van der Waals surface area contributed by atoms with Crippen LogP contribution in [0, 0.1) is 5.92 Å². The Morgan fingerprint density at radius 3 is 2.55 bits per heavy atom. The molecule has 0 bridgehead atoms. The van der Waals surface area contributed by atoms with Gasteiger partial charge in [-0.05, 0) is 91.1 Å². The number of aromatic nitrogens is 1. The Hall–Kier alpha value is -4.23. The van der Waals surface area contributed by atoms with E-state index in [1.165, 1.54) is 27.4 Å². The number of nitrogens with one attached hydrogen (secondary N) is 2. The summed E-state index contributed by atoms with van der Waals surface area (Å²) >= 11 is 0. The fourth-order valence-electron chi connectivity index (χ4n) is 6.55. The predicted octanol–water partition coefficient (Wildman–Crippen LogP) is 7.45.